The number of hydrogen-bond donors (Lipinski definition) is 1. The van der Waals surface area contributed by atoms with Crippen molar-refractivity contribution in [1.82, 2.24) is 19.9 Å². The average Bonchev–Trinajstić information content (AvgIpc) is 3.16. The van der Waals surface area contributed by atoms with Crippen LogP contribution in [0.3, 0.4) is 0 Å². The van der Waals surface area contributed by atoms with Crippen molar-refractivity contribution < 1.29 is 9.53 Å². The van der Waals surface area contributed by atoms with Crippen molar-refractivity contribution in [3.05, 3.63) is 66.1 Å². The molecule has 0 saturated carbocycles. The van der Waals surface area contributed by atoms with E-state index in [0.717, 1.165) is 25.9 Å². The number of nitrogens with zero attached hydrogens (tertiary/aromatic N) is 3. The molecule has 1 unspecified atom stereocenters. The first-order valence-electron chi connectivity index (χ1n) is 9.75. The van der Waals surface area contributed by atoms with Crippen molar-refractivity contribution in [2.75, 3.05) is 13.2 Å². The number of benzene rings is 1. The van der Waals surface area contributed by atoms with Gasteiger partial charge in [0.25, 0.3) is 5.91 Å². The van der Waals surface area contributed by atoms with Gasteiger partial charge in [0.15, 0.2) is 5.65 Å². The molecule has 1 amide bonds. The number of rotatable bonds is 5. The Morgan fingerprint density at radius 3 is 2.82 bits per heavy atom. The summed E-state index contributed by atoms with van der Waals surface area (Å²) in [5.74, 6) is -0.117. The van der Waals surface area contributed by atoms with Gasteiger partial charge in [0.2, 0.25) is 0 Å². The summed E-state index contributed by atoms with van der Waals surface area (Å²) in [7, 11) is 0. The highest BCUT2D eigenvalue weighted by Crippen LogP contribution is 2.43. The zero-order chi connectivity index (χ0) is 19.6. The van der Waals surface area contributed by atoms with Crippen molar-refractivity contribution in [2.45, 2.75) is 44.1 Å². The third-order valence-corrected chi connectivity index (χ3v) is 5.68. The molecule has 2 aromatic heterocycles. The van der Waals surface area contributed by atoms with Crippen LogP contribution in [0.2, 0.25) is 0 Å². The molecule has 1 N–H and O–H groups in total. The van der Waals surface area contributed by atoms with E-state index < -0.39 is 0 Å². The van der Waals surface area contributed by atoms with E-state index in [1.807, 2.05) is 18.3 Å². The monoisotopic (exact) mass is 378 g/mol. The molecule has 4 rings (SSSR count). The predicted octanol–water partition coefficient (Wildman–Crippen LogP) is 3.38. The van der Waals surface area contributed by atoms with E-state index in [9.17, 15) is 4.79 Å². The fourth-order valence-corrected chi connectivity index (χ4v) is 4.41. The van der Waals surface area contributed by atoms with E-state index in [1.165, 1.54) is 5.56 Å². The van der Waals surface area contributed by atoms with Gasteiger partial charge in [-0.25, -0.2) is 0 Å². The molecule has 0 aliphatic carbocycles. The molecule has 1 aromatic carbocycles. The van der Waals surface area contributed by atoms with Crippen LogP contribution in [0.1, 0.15) is 49.0 Å². The maximum atomic E-state index is 12.7. The standard InChI is InChI=1S/C22H26N4O2/c1-21(2)15-22(11-14-28-21,17-7-4-3-5-8-17)10-12-23-20(27)18-9-6-13-26-16-24-25-19(18)26/h3-9,13,16H,10-12,14-15H2,1-2H3,(H,23,27). The van der Waals surface area contributed by atoms with Gasteiger partial charge in [-0.05, 0) is 50.8 Å². The molecule has 146 valence electrons. The number of ether oxygens (including phenoxy) is 1. The first-order valence-corrected chi connectivity index (χ1v) is 9.75. The number of hydrogen-bond acceptors (Lipinski definition) is 4. The van der Waals surface area contributed by atoms with Crippen molar-refractivity contribution in [3.8, 4) is 0 Å². The molecular weight excluding hydrogens is 352 g/mol. The summed E-state index contributed by atoms with van der Waals surface area (Å²) in [4.78, 5) is 12.7. The summed E-state index contributed by atoms with van der Waals surface area (Å²) >= 11 is 0. The minimum atomic E-state index is -0.175. The van der Waals surface area contributed by atoms with Gasteiger partial charge in [-0.2, -0.15) is 0 Å². The quantitative estimate of drug-likeness (QED) is 0.739. The van der Waals surface area contributed by atoms with Gasteiger partial charge in [0.05, 0.1) is 11.2 Å². The minimum Gasteiger partial charge on any atom is -0.376 e. The Balaban J connectivity index is 1.51. The topological polar surface area (TPSA) is 68.5 Å². The molecular formula is C22H26N4O2. The molecule has 1 fully saturated rings. The van der Waals surface area contributed by atoms with Crippen LogP contribution in [-0.2, 0) is 10.2 Å². The molecule has 1 saturated heterocycles. The van der Waals surface area contributed by atoms with E-state index in [-0.39, 0.29) is 16.9 Å². The number of pyridine rings is 1. The van der Waals surface area contributed by atoms with Crippen LogP contribution in [0.4, 0.5) is 0 Å². The number of carbonyl (C=O) groups is 1. The van der Waals surface area contributed by atoms with Gasteiger partial charge in [0.1, 0.15) is 6.33 Å². The lowest BCUT2D eigenvalue weighted by Gasteiger charge is -2.45. The normalized spacial score (nSPS) is 21.5. The molecule has 0 radical (unpaired) electrons. The minimum absolute atomic E-state index is 0.00282. The van der Waals surface area contributed by atoms with Gasteiger partial charge in [-0.15, -0.1) is 10.2 Å². The molecule has 0 bridgehead atoms. The first-order chi connectivity index (χ1) is 13.5. The highest BCUT2D eigenvalue weighted by molar-refractivity contribution is 5.99. The van der Waals surface area contributed by atoms with Crippen LogP contribution in [0.15, 0.2) is 55.0 Å². The van der Waals surface area contributed by atoms with Gasteiger partial charge in [-0.1, -0.05) is 30.3 Å². The summed E-state index contributed by atoms with van der Waals surface area (Å²) in [5, 5.41) is 11.0. The Bertz CT molecular complexity index is 967. The Morgan fingerprint density at radius 2 is 2.04 bits per heavy atom. The van der Waals surface area contributed by atoms with Crippen LogP contribution in [0, 0.1) is 0 Å². The molecule has 0 spiro atoms. The van der Waals surface area contributed by atoms with Crippen LogP contribution in [0.25, 0.3) is 5.65 Å². The van der Waals surface area contributed by atoms with E-state index in [1.54, 1.807) is 16.8 Å². The number of amides is 1. The lowest BCUT2D eigenvalue weighted by molar-refractivity contribution is -0.0838. The first kappa shape index (κ1) is 18.6. The zero-order valence-electron chi connectivity index (χ0n) is 16.4. The Labute approximate surface area is 164 Å². The van der Waals surface area contributed by atoms with Gasteiger partial charge in [0, 0.05) is 24.8 Å². The zero-order valence-corrected chi connectivity index (χ0v) is 16.4. The van der Waals surface area contributed by atoms with E-state index >= 15 is 0 Å². The largest absolute Gasteiger partial charge is 0.376 e. The summed E-state index contributed by atoms with van der Waals surface area (Å²) < 4.78 is 7.72. The molecule has 6 nitrogen and oxygen atoms in total. The number of carbonyl (C=O) groups excluding carboxylic acids is 1. The summed E-state index contributed by atoms with van der Waals surface area (Å²) in [6.45, 7) is 5.62. The summed E-state index contributed by atoms with van der Waals surface area (Å²) in [6, 6.07) is 14.2. The van der Waals surface area contributed by atoms with E-state index in [4.69, 9.17) is 4.74 Å². The maximum Gasteiger partial charge on any atom is 0.255 e. The van der Waals surface area contributed by atoms with Crippen molar-refractivity contribution >= 4 is 11.6 Å². The highest BCUT2D eigenvalue weighted by Gasteiger charge is 2.41. The highest BCUT2D eigenvalue weighted by atomic mass is 16.5. The average molecular weight is 378 g/mol. The lowest BCUT2D eigenvalue weighted by atomic mass is 9.67. The van der Waals surface area contributed by atoms with Crippen LogP contribution >= 0.6 is 0 Å². The second-order valence-electron chi connectivity index (χ2n) is 8.17. The fourth-order valence-electron chi connectivity index (χ4n) is 4.41. The second kappa shape index (κ2) is 7.36. The molecule has 1 aliphatic rings. The molecule has 3 heterocycles. The van der Waals surface area contributed by atoms with Gasteiger partial charge < -0.3 is 10.1 Å². The Hall–Kier alpha value is -2.73. The van der Waals surface area contributed by atoms with Gasteiger partial charge in [-0.3, -0.25) is 9.20 Å². The molecule has 6 heteroatoms. The SMILES string of the molecule is CC1(C)CC(CCNC(=O)c2cccn3cnnc23)(c2ccccc2)CCO1. The van der Waals surface area contributed by atoms with Crippen molar-refractivity contribution in [3.63, 3.8) is 0 Å². The predicted molar refractivity (Wildman–Crippen MR) is 107 cm³/mol. The molecule has 1 aliphatic heterocycles. The smallest absolute Gasteiger partial charge is 0.255 e. The number of aromatic nitrogens is 3. The van der Waals surface area contributed by atoms with Crippen LogP contribution in [-0.4, -0.2) is 39.3 Å². The molecule has 28 heavy (non-hydrogen) atoms. The van der Waals surface area contributed by atoms with Crippen molar-refractivity contribution in [1.29, 1.82) is 0 Å². The summed E-state index contributed by atoms with van der Waals surface area (Å²) in [5.41, 5.74) is 2.26. The third kappa shape index (κ3) is 3.64. The van der Waals surface area contributed by atoms with E-state index in [2.05, 4.69) is 53.6 Å². The Morgan fingerprint density at radius 1 is 1.21 bits per heavy atom. The summed E-state index contributed by atoms with van der Waals surface area (Å²) in [6.07, 6.45) is 6.18. The van der Waals surface area contributed by atoms with Crippen molar-refractivity contribution in [2.24, 2.45) is 0 Å². The number of fused-ring (bicyclic) bond motifs is 1. The Kier molecular flexibility index (Phi) is 4.89. The van der Waals surface area contributed by atoms with E-state index in [0.29, 0.717) is 17.8 Å². The number of nitrogens with one attached hydrogen (secondary N) is 1. The third-order valence-electron chi connectivity index (χ3n) is 5.68. The molecule has 1 atom stereocenters. The van der Waals surface area contributed by atoms with Crippen LogP contribution < -0.4 is 5.32 Å². The van der Waals surface area contributed by atoms with Crippen LogP contribution in [0.5, 0.6) is 0 Å². The molecule has 3 aromatic rings. The second-order valence-corrected chi connectivity index (χ2v) is 8.17. The van der Waals surface area contributed by atoms with Gasteiger partial charge >= 0.3 is 0 Å². The fraction of sp³-hybridized carbons (Fsp3) is 0.409. The maximum absolute atomic E-state index is 12.7. The lowest BCUT2D eigenvalue weighted by Crippen LogP contribution is -2.45.